The fourth-order valence-electron chi connectivity index (χ4n) is 1.87. The van der Waals surface area contributed by atoms with Gasteiger partial charge in [-0.15, -0.1) is 0 Å². The lowest BCUT2D eigenvalue weighted by Gasteiger charge is -2.26. The third-order valence-corrected chi connectivity index (χ3v) is 3.22. The van der Waals surface area contributed by atoms with Gasteiger partial charge >= 0.3 is 0 Å². The fourth-order valence-corrected chi connectivity index (χ4v) is 2.07. The van der Waals surface area contributed by atoms with Gasteiger partial charge in [-0.3, -0.25) is 4.79 Å². The van der Waals surface area contributed by atoms with Crippen LogP contribution in [0.1, 0.15) is 29.8 Å². The van der Waals surface area contributed by atoms with Crippen molar-refractivity contribution in [3.63, 3.8) is 0 Å². The molecule has 100 valence electrons. The summed E-state index contributed by atoms with van der Waals surface area (Å²) in [5, 5.41) is 0.142. The third kappa shape index (κ3) is 3.18. The standard InChI is InChI=1S/C15H16ClNO2/c1-11(2)17(10-12-6-4-3-5-7-12)15(18)13-8-9-19-14(13)16/h3-9,11H,10H2,1-2H3. The van der Waals surface area contributed by atoms with Gasteiger partial charge in [-0.2, -0.15) is 0 Å². The van der Waals surface area contributed by atoms with Crippen LogP contribution >= 0.6 is 11.6 Å². The second-order valence-corrected chi connectivity index (χ2v) is 4.96. The molecule has 2 aromatic rings. The van der Waals surface area contributed by atoms with Gasteiger partial charge in [-0.05, 0) is 37.1 Å². The maximum atomic E-state index is 12.5. The molecule has 1 heterocycles. The highest BCUT2D eigenvalue weighted by molar-refractivity contribution is 6.32. The molecule has 0 saturated carbocycles. The first-order valence-electron chi connectivity index (χ1n) is 6.17. The summed E-state index contributed by atoms with van der Waals surface area (Å²) >= 11 is 5.87. The number of furan rings is 1. The van der Waals surface area contributed by atoms with E-state index >= 15 is 0 Å². The van der Waals surface area contributed by atoms with Crippen LogP contribution in [0, 0.1) is 0 Å². The van der Waals surface area contributed by atoms with Gasteiger partial charge < -0.3 is 9.32 Å². The lowest BCUT2D eigenvalue weighted by molar-refractivity contribution is 0.0690. The van der Waals surface area contributed by atoms with Gasteiger partial charge in [-0.25, -0.2) is 0 Å². The first-order valence-corrected chi connectivity index (χ1v) is 6.55. The number of carbonyl (C=O) groups excluding carboxylic acids is 1. The van der Waals surface area contributed by atoms with E-state index in [2.05, 4.69) is 0 Å². The minimum atomic E-state index is -0.113. The van der Waals surface area contributed by atoms with Crippen molar-refractivity contribution in [2.24, 2.45) is 0 Å². The topological polar surface area (TPSA) is 33.5 Å². The molecule has 0 bridgehead atoms. The molecule has 19 heavy (non-hydrogen) atoms. The Labute approximate surface area is 117 Å². The molecule has 1 aromatic carbocycles. The van der Waals surface area contributed by atoms with E-state index in [0.717, 1.165) is 5.56 Å². The van der Waals surface area contributed by atoms with Gasteiger partial charge in [-0.1, -0.05) is 30.3 Å². The van der Waals surface area contributed by atoms with Crippen molar-refractivity contribution in [3.05, 3.63) is 59.0 Å². The van der Waals surface area contributed by atoms with Crippen LogP contribution in [0.5, 0.6) is 0 Å². The molecule has 1 amide bonds. The molecule has 0 unspecified atom stereocenters. The quantitative estimate of drug-likeness (QED) is 0.847. The Hall–Kier alpha value is -1.74. The summed E-state index contributed by atoms with van der Waals surface area (Å²) in [6.45, 7) is 4.52. The highest BCUT2D eigenvalue weighted by Gasteiger charge is 2.22. The van der Waals surface area contributed by atoms with Crippen molar-refractivity contribution in [2.45, 2.75) is 26.4 Å². The van der Waals surface area contributed by atoms with Crippen molar-refractivity contribution in [1.29, 1.82) is 0 Å². The van der Waals surface area contributed by atoms with E-state index < -0.39 is 0 Å². The van der Waals surface area contributed by atoms with Gasteiger partial charge in [0.1, 0.15) is 0 Å². The van der Waals surface area contributed by atoms with Gasteiger partial charge in [0.05, 0.1) is 11.8 Å². The van der Waals surface area contributed by atoms with E-state index in [-0.39, 0.29) is 17.2 Å². The zero-order chi connectivity index (χ0) is 13.8. The first kappa shape index (κ1) is 13.7. The molecule has 0 aliphatic carbocycles. The van der Waals surface area contributed by atoms with Gasteiger partial charge in [0.25, 0.3) is 5.91 Å². The van der Waals surface area contributed by atoms with E-state index in [1.165, 1.54) is 6.26 Å². The van der Waals surface area contributed by atoms with Crippen LogP contribution in [-0.2, 0) is 6.54 Å². The van der Waals surface area contributed by atoms with Crippen molar-refractivity contribution >= 4 is 17.5 Å². The number of halogens is 1. The number of hydrogen-bond acceptors (Lipinski definition) is 2. The van der Waals surface area contributed by atoms with Gasteiger partial charge in [0.2, 0.25) is 5.22 Å². The second kappa shape index (κ2) is 5.93. The molecule has 4 heteroatoms. The minimum Gasteiger partial charge on any atom is -0.452 e. The van der Waals surface area contributed by atoms with E-state index in [0.29, 0.717) is 12.1 Å². The molecular formula is C15H16ClNO2. The zero-order valence-corrected chi connectivity index (χ0v) is 11.7. The predicted molar refractivity (Wildman–Crippen MR) is 75.2 cm³/mol. The van der Waals surface area contributed by atoms with Crippen molar-refractivity contribution in [1.82, 2.24) is 4.90 Å². The van der Waals surface area contributed by atoms with Crippen molar-refractivity contribution in [2.75, 3.05) is 0 Å². The largest absolute Gasteiger partial charge is 0.452 e. The Bertz CT molecular complexity index is 548. The molecule has 0 N–H and O–H groups in total. The fraction of sp³-hybridized carbons (Fsp3) is 0.267. The van der Waals surface area contributed by atoms with E-state index in [1.54, 1.807) is 11.0 Å². The Morgan fingerprint density at radius 2 is 1.95 bits per heavy atom. The van der Waals surface area contributed by atoms with Crippen molar-refractivity contribution in [3.8, 4) is 0 Å². The van der Waals surface area contributed by atoms with Gasteiger partial charge in [0, 0.05) is 12.6 Å². The molecule has 0 atom stereocenters. The Morgan fingerprint density at radius 3 is 2.47 bits per heavy atom. The first-order chi connectivity index (χ1) is 9.09. The summed E-state index contributed by atoms with van der Waals surface area (Å²) in [5.74, 6) is -0.113. The second-order valence-electron chi connectivity index (χ2n) is 4.62. The van der Waals surface area contributed by atoms with Crippen LogP contribution in [0.3, 0.4) is 0 Å². The molecule has 0 saturated heterocycles. The van der Waals surface area contributed by atoms with Crippen LogP contribution in [0.15, 0.2) is 47.1 Å². The van der Waals surface area contributed by atoms with Crippen molar-refractivity contribution < 1.29 is 9.21 Å². The zero-order valence-electron chi connectivity index (χ0n) is 11.0. The Balaban J connectivity index is 2.22. The molecule has 3 nitrogen and oxygen atoms in total. The summed E-state index contributed by atoms with van der Waals surface area (Å²) in [5.41, 5.74) is 1.50. The Kier molecular flexibility index (Phi) is 4.27. The van der Waals surface area contributed by atoms with Crippen LogP contribution < -0.4 is 0 Å². The highest BCUT2D eigenvalue weighted by Crippen LogP contribution is 2.21. The molecule has 0 aliphatic heterocycles. The maximum Gasteiger partial charge on any atom is 0.259 e. The summed E-state index contributed by atoms with van der Waals surface area (Å²) in [7, 11) is 0. The smallest absolute Gasteiger partial charge is 0.259 e. The normalized spacial score (nSPS) is 10.7. The molecule has 2 rings (SSSR count). The van der Waals surface area contributed by atoms with Crippen LogP contribution in [0.2, 0.25) is 5.22 Å². The lowest BCUT2D eigenvalue weighted by Crippen LogP contribution is -2.36. The van der Waals surface area contributed by atoms with Crippen LogP contribution in [0.25, 0.3) is 0 Å². The molecule has 1 aromatic heterocycles. The number of rotatable bonds is 4. The Morgan fingerprint density at radius 1 is 1.26 bits per heavy atom. The van der Waals surface area contributed by atoms with E-state index in [1.807, 2.05) is 44.2 Å². The maximum absolute atomic E-state index is 12.5. The minimum absolute atomic E-state index is 0.0821. The van der Waals surface area contributed by atoms with Crippen LogP contribution in [-0.4, -0.2) is 16.8 Å². The summed E-state index contributed by atoms with van der Waals surface area (Å²) in [6.07, 6.45) is 1.43. The van der Waals surface area contributed by atoms with Gasteiger partial charge in [0.15, 0.2) is 0 Å². The number of benzene rings is 1. The van der Waals surface area contributed by atoms with Crippen LogP contribution in [0.4, 0.5) is 0 Å². The lowest BCUT2D eigenvalue weighted by atomic mass is 10.1. The number of nitrogens with zero attached hydrogens (tertiary/aromatic N) is 1. The SMILES string of the molecule is CC(C)N(Cc1ccccc1)C(=O)c1ccoc1Cl. The monoisotopic (exact) mass is 277 g/mol. The van der Waals surface area contributed by atoms with E-state index in [9.17, 15) is 4.79 Å². The average Bonchev–Trinajstić information content (AvgIpc) is 2.82. The molecule has 0 radical (unpaired) electrons. The number of hydrogen-bond donors (Lipinski definition) is 0. The third-order valence-electron chi connectivity index (χ3n) is 2.93. The van der Waals surface area contributed by atoms with E-state index in [4.69, 9.17) is 16.0 Å². The number of carbonyl (C=O) groups is 1. The molecule has 0 aliphatic rings. The molecule has 0 fully saturated rings. The summed E-state index contributed by atoms with van der Waals surface area (Å²) in [4.78, 5) is 14.2. The summed E-state index contributed by atoms with van der Waals surface area (Å²) < 4.78 is 4.98. The predicted octanol–water partition coefficient (Wildman–Crippen LogP) is 3.98. The summed E-state index contributed by atoms with van der Waals surface area (Å²) in [6, 6.07) is 11.6. The number of amides is 1. The average molecular weight is 278 g/mol. The highest BCUT2D eigenvalue weighted by atomic mass is 35.5. The molecule has 0 spiro atoms. The molecular weight excluding hydrogens is 262 g/mol.